The molecule has 0 heterocycles. The van der Waals surface area contributed by atoms with Crippen LogP contribution in [0.3, 0.4) is 0 Å². The van der Waals surface area contributed by atoms with Crippen LogP contribution in [0.4, 0.5) is 17.1 Å². The molecule has 0 aromatic heterocycles. The number of nitrogens with one attached hydrogen (secondary N) is 2. The van der Waals surface area contributed by atoms with E-state index in [1.807, 2.05) is 6.92 Å². The highest BCUT2D eigenvalue weighted by Crippen LogP contribution is 2.22. The number of hydrogen-bond acceptors (Lipinski definition) is 7. The van der Waals surface area contributed by atoms with E-state index in [2.05, 4.69) is 10.6 Å². The number of benzene rings is 2. The number of rotatable bonds is 10. The molecule has 0 fully saturated rings. The Bertz CT molecular complexity index is 958. The number of esters is 1. The molecule has 2 aromatic carbocycles. The molecule has 164 valence electrons. The highest BCUT2D eigenvalue weighted by molar-refractivity contribution is 5.94. The second-order valence-electron chi connectivity index (χ2n) is 6.47. The summed E-state index contributed by atoms with van der Waals surface area (Å²) in [7, 11) is 0. The second-order valence-corrected chi connectivity index (χ2v) is 6.47. The maximum Gasteiger partial charge on any atom is 0.306 e. The second kappa shape index (κ2) is 11.3. The Morgan fingerprint density at radius 3 is 2.26 bits per heavy atom. The van der Waals surface area contributed by atoms with Crippen molar-refractivity contribution in [3.63, 3.8) is 0 Å². The van der Waals surface area contributed by atoms with E-state index in [9.17, 15) is 24.5 Å². The van der Waals surface area contributed by atoms with Gasteiger partial charge in [0, 0.05) is 29.4 Å². The molecule has 2 rings (SSSR count). The first-order valence-corrected chi connectivity index (χ1v) is 9.51. The SMILES string of the molecule is CCOc1ccc(NC(=O)CCC(=O)OCC(=O)Nc2ccc(C)c([N+](=O)[O-])c2)cc1. The minimum Gasteiger partial charge on any atom is -0.494 e. The van der Waals surface area contributed by atoms with Gasteiger partial charge in [-0.3, -0.25) is 24.5 Å². The van der Waals surface area contributed by atoms with E-state index < -0.39 is 23.4 Å². The van der Waals surface area contributed by atoms with Crippen molar-refractivity contribution in [2.75, 3.05) is 23.8 Å². The third-order valence-electron chi connectivity index (χ3n) is 4.06. The van der Waals surface area contributed by atoms with Gasteiger partial charge in [0.1, 0.15) is 5.75 Å². The lowest BCUT2D eigenvalue weighted by atomic mass is 10.2. The molecular formula is C21H23N3O7. The van der Waals surface area contributed by atoms with Gasteiger partial charge in [0.15, 0.2) is 6.61 Å². The van der Waals surface area contributed by atoms with E-state index in [-0.39, 0.29) is 30.1 Å². The minimum absolute atomic E-state index is 0.113. The third-order valence-corrected chi connectivity index (χ3v) is 4.06. The lowest BCUT2D eigenvalue weighted by Crippen LogP contribution is -2.21. The number of carbonyl (C=O) groups excluding carboxylic acids is 3. The lowest BCUT2D eigenvalue weighted by Gasteiger charge is -2.08. The molecule has 0 aliphatic carbocycles. The average Bonchev–Trinajstić information content (AvgIpc) is 2.73. The number of amides is 2. The van der Waals surface area contributed by atoms with Gasteiger partial charge in [-0.25, -0.2) is 0 Å². The highest BCUT2D eigenvalue weighted by Gasteiger charge is 2.14. The van der Waals surface area contributed by atoms with Crippen molar-refractivity contribution in [2.45, 2.75) is 26.7 Å². The van der Waals surface area contributed by atoms with Gasteiger partial charge in [-0.15, -0.1) is 0 Å². The molecule has 0 radical (unpaired) electrons. The van der Waals surface area contributed by atoms with Crippen LogP contribution in [-0.4, -0.2) is 35.9 Å². The van der Waals surface area contributed by atoms with Crippen LogP contribution in [0.15, 0.2) is 42.5 Å². The zero-order chi connectivity index (χ0) is 22.8. The molecule has 10 nitrogen and oxygen atoms in total. The fourth-order valence-electron chi connectivity index (χ4n) is 2.54. The van der Waals surface area contributed by atoms with Crippen molar-refractivity contribution in [2.24, 2.45) is 0 Å². The van der Waals surface area contributed by atoms with Crippen LogP contribution in [0, 0.1) is 17.0 Å². The smallest absolute Gasteiger partial charge is 0.306 e. The topological polar surface area (TPSA) is 137 Å². The number of nitro benzene ring substituents is 1. The summed E-state index contributed by atoms with van der Waals surface area (Å²) in [5, 5.41) is 16.0. The fourth-order valence-corrected chi connectivity index (χ4v) is 2.54. The van der Waals surface area contributed by atoms with E-state index in [1.165, 1.54) is 18.2 Å². The highest BCUT2D eigenvalue weighted by atomic mass is 16.6. The largest absolute Gasteiger partial charge is 0.494 e. The number of aryl methyl sites for hydroxylation is 1. The molecule has 0 saturated heterocycles. The van der Waals surface area contributed by atoms with Gasteiger partial charge in [-0.05, 0) is 44.2 Å². The predicted octanol–water partition coefficient (Wildman–Crippen LogP) is 3.20. The number of anilines is 2. The van der Waals surface area contributed by atoms with Crippen LogP contribution in [0.25, 0.3) is 0 Å². The summed E-state index contributed by atoms with van der Waals surface area (Å²) in [6.45, 7) is 3.42. The summed E-state index contributed by atoms with van der Waals surface area (Å²) in [5.41, 5.74) is 1.10. The molecule has 0 aliphatic rings. The Kier molecular flexibility index (Phi) is 8.50. The van der Waals surface area contributed by atoms with Crippen LogP contribution < -0.4 is 15.4 Å². The molecule has 2 amide bonds. The Labute approximate surface area is 178 Å². The first-order valence-electron chi connectivity index (χ1n) is 9.51. The standard InChI is InChI=1S/C21H23N3O7/c1-3-30-17-8-6-15(7-9-17)22-19(25)10-11-21(27)31-13-20(26)23-16-5-4-14(2)18(12-16)24(28)29/h4-9,12H,3,10-11,13H2,1-2H3,(H,22,25)(H,23,26). The molecule has 0 atom stereocenters. The fraction of sp³-hybridized carbons (Fsp3) is 0.286. The van der Waals surface area contributed by atoms with Gasteiger partial charge < -0.3 is 20.1 Å². The number of nitrogens with zero attached hydrogens (tertiary/aromatic N) is 1. The Morgan fingerprint density at radius 1 is 0.968 bits per heavy atom. The van der Waals surface area contributed by atoms with Crippen LogP contribution >= 0.6 is 0 Å². The monoisotopic (exact) mass is 429 g/mol. The first kappa shape index (κ1) is 23.3. The van der Waals surface area contributed by atoms with E-state index in [1.54, 1.807) is 31.2 Å². The predicted molar refractivity (Wildman–Crippen MR) is 113 cm³/mol. The quantitative estimate of drug-likeness (QED) is 0.336. The Hall–Kier alpha value is -3.95. The zero-order valence-electron chi connectivity index (χ0n) is 17.2. The van der Waals surface area contributed by atoms with E-state index >= 15 is 0 Å². The van der Waals surface area contributed by atoms with Gasteiger partial charge in [0.05, 0.1) is 18.0 Å². The van der Waals surface area contributed by atoms with Crippen LogP contribution in [0.1, 0.15) is 25.3 Å². The Balaban J connectivity index is 1.72. The number of nitro groups is 1. The van der Waals surface area contributed by atoms with Crippen molar-refractivity contribution < 1.29 is 28.8 Å². The van der Waals surface area contributed by atoms with Crippen molar-refractivity contribution >= 4 is 34.8 Å². The molecule has 0 unspecified atom stereocenters. The van der Waals surface area contributed by atoms with Crippen LogP contribution in [-0.2, 0) is 19.1 Å². The first-order chi connectivity index (χ1) is 14.8. The van der Waals surface area contributed by atoms with Crippen LogP contribution in [0.2, 0.25) is 0 Å². The molecule has 10 heteroatoms. The number of carbonyl (C=O) groups is 3. The molecule has 31 heavy (non-hydrogen) atoms. The van der Waals surface area contributed by atoms with Gasteiger partial charge in [0.25, 0.3) is 11.6 Å². The van der Waals surface area contributed by atoms with Crippen molar-refractivity contribution in [1.82, 2.24) is 0 Å². The maximum atomic E-state index is 11.9. The molecule has 2 N–H and O–H groups in total. The van der Waals surface area contributed by atoms with Crippen LogP contribution in [0.5, 0.6) is 5.75 Å². The summed E-state index contributed by atoms with van der Waals surface area (Å²) in [5.74, 6) is -1.06. The summed E-state index contributed by atoms with van der Waals surface area (Å²) in [4.78, 5) is 46.0. The molecule has 2 aromatic rings. The van der Waals surface area contributed by atoms with Gasteiger partial charge in [0.2, 0.25) is 5.91 Å². The van der Waals surface area contributed by atoms with Crippen molar-refractivity contribution in [1.29, 1.82) is 0 Å². The van der Waals surface area contributed by atoms with Crippen molar-refractivity contribution in [3.05, 3.63) is 58.1 Å². The van der Waals surface area contributed by atoms with E-state index in [4.69, 9.17) is 9.47 Å². The summed E-state index contributed by atoms with van der Waals surface area (Å²) >= 11 is 0. The van der Waals surface area contributed by atoms with Gasteiger partial charge in [-0.2, -0.15) is 0 Å². The summed E-state index contributed by atoms with van der Waals surface area (Å²) < 4.78 is 10.2. The van der Waals surface area contributed by atoms with Gasteiger partial charge >= 0.3 is 5.97 Å². The van der Waals surface area contributed by atoms with E-state index in [0.29, 0.717) is 23.6 Å². The zero-order valence-corrected chi connectivity index (χ0v) is 17.2. The molecule has 0 aliphatic heterocycles. The number of hydrogen-bond donors (Lipinski definition) is 2. The maximum absolute atomic E-state index is 11.9. The van der Waals surface area contributed by atoms with Gasteiger partial charge in [-0.1, -0.05) is 6.07 Å². The average molecular weight is 429 g/mol. The Morgan fingerprint density at radius 2 is 1.61 bits per heavy atom. The van der Waals surface area contributed by atoms with E-state index in [0.717, 1.165) is 0 Å². The lowest BCUT2D eigenvalue weighted by molar-refractivity contribution is -0.385. The van der Waals surface area contributed by atoms with Crippen molar-refractivity contribution in [3.8, 4) is 5.75 Å². The molecular weight excluding hydrogens is 406 g/mol. The summed E-state index contributed by atoms with van der Waals surface area (Å²) in [6.07, 6.45) is -0.316. The molecule has 0 saturated carbocycles. The molecule has 0 bridgehead atoms. The normalized spacial score (nSPS) is 10.1. The molecule has 0 spiro atoms. The summed E-state index contributed by atoms with van der Waals surface area (Å²) in [6, 6.07) is 11.0. The third kappa shape index (κ3) is 7.77. The minimum atomic E-state index is -0.716. The number of ether oxygens (including phenoxy) is 2.